The number of methoxy groups -OCH3 is 1. The fourth-order valence-corrected chi connectivity index (χ4v) is 9.73. The van der Waals surface area contributed by atoms with Gasteiger partial charge in [0.1, 0.15) is 42.4 Å². The van der Waals surface area contributed by atoms with Crippen molar-refractivity contribution >= 4 is 24.9 Å². The van der Waals surface area contributed by atoms with Gasteiger partial charge in [-0.2, -0.15) is 0 Å². The van der Waals surface area contributed by atoms with Gasteiger partial charge >= 0.3 is 0 Å². The van der Waals surface area contributed by atoms with Crippen LogP contribution in [0, 0.1) is 0 Å². The molecular formula is C46H58O10Si. The monoisotopic (exact) mass is 798 g/mol. The Kier molecular flexibility index (Phi) is 12.2. The van der Waals surface area contributed by atoms with Crippen LogP contribution < -0.4 is 4.74 Å². The van der Waals surface area contributed by atoms with Gasteiger partial charge < -0.3 is 42.3 Å². The molecule has 11 atom stereocenters. The zero-order valence-corrected chi connectivity index (χ0v) is 35.0. The number of benzene rings is 3. The quantitative estimate of drug-likeness (QED) is 0.156. The van der Waals surface area contributed by atoms with Crippen LogP contribution in [0.5, 0.6) is 5.75 Å². The van der Waals surface area contributed by atoms with Crippen LogP contribution in [0.3, 0.4) is 0 Å². The third-order valence-corrected chi connectivity index (χ3v) is 17.1. The van der Waals surface area contributed by atoms with Gasteiger partial charge in [-0.3, -0.25) is 4.79 Å². The Hall–Kier alpha value is -3.23. The fourth-order valence-electron chi connectivity index (χ4n) is 8.41. The Bertz CT molecular complexity index is 1900. The Morgan fingerprint density at radius 1 is 0.789 bits per heavy atom. The molecule has 5 aliphatic rings. The molecule has 0 N–H and O–H groups in total. The molecule has 0 bridgehead atoms. The normalized spacial score (nSPS) is 33.9. The topological polar surface area (TPSA) is 100 Å². The van der Waals surface area contributed by atoms with Crippen molar-refractivity contribution in [3.05, 3.63) is 102 Å². The molecule has 8 rings (SSSR count). The highest BCUT2D eigenvalue weighted by molar-refractivity contribution is 6.74. The molecule has 0 amide bonds. The van der Waals surface area contributed by atoms with E-state index in [1.807, 2.05) is 36.4 Å². The van der Waals surface area contributed by atoms with Crippen molar-refractivity contribution in [3.63, 3.8) is 0 Å². The molecule has 306 valence electrons. The number of ether oxygens (including phenoxy) is 8. The van der Waals surface area contributed by atoms with Gasteiger partial charge in [-0.1, -0.05) is 99.7 Å². The summed E-state index contributed by atoms with van der Waals surface area (Å²) in [5.41, 5.74) is 2.01. The molecule has 10 nitrogen and oxygen atoms in total. The number of hydrogen-bond acceptors (Lipinski definition) is 10. The van der Waals surface area contributed by atoms with Gasteiger partial charge in [-0.15, -0.1) is 0 Å². The third kappa shape index (κ3) is 8.88. The van der Waals surface area contributed by atoms with E-state index in [-0.39, 0.29) is 47.8 Å². The lowest BCUT2D eigenvalue weighted by molar-refractivity contribution is -0.274. The first kappa shape index (κ1) is 40.5. The number of Topliss-reactive ketones (excluding diaryl/α,β-unsaturated/α-hetero) is 1. The zero-order valence-electron chi connectivity index (χ0n) is 34.0. The molecule has 0 saturated carbocycles. The van der Waals surface area contributed by atoms with Crippen LogP contribution in [0.25, 0.3) is 10.8 Å². The molecule has 3 aromatic rings. The van der Waals surface area contributed by atoms with Gasteiger partial charge in [0.2, 0.25) is 0 Å². The number of carbonyl (C=O) groups is 1. The predicted molar refractivity (Wildman–Crippen MR) is 219 cm³/mol. The first-order valence-corrected chi connectivity index (χ1v) is 23.5. The molecule has 5 aliphatic heterocycles. The molecule has 3 fully saturated rings. The largest absolute Gasteiger partial charge is 0.497 e. The molecular weight excluding hydrogens is 741 g/mol. The zero-order chi connectivity index (χ0) is 39.7. The van der Waals surface area contributed by atoms with E-state index in [0.29, 0.717) is 39.1 Å². The lowest BCUT2D eigenvalue weighted by Gasteiger charge is -2.50. The Morgan fingerprint density at radius 3 is 2.39 bits per heavy atom. The smallest absolute Gasteiger partial charge is 0.192 e. The predicted octanol–water partition coefficient (Wildman–Crippen LogP) is 8.18. The standard InChI is InChI=1S/C46H58O10Si/c1-46(2,3)57(5,6)56-43-40(53-37-17-9-10-24-49-42(37)44(43)50-27-31-15-11-14-29-13-7-8-16-33(29)31)26-38-34(47)25-39-35(52-38)18-12-19-36-41(54-39)28-51-45(55-36)30-20-22-32(48-4)23-21-30/h7-16,19-23,35-45H,17-18,24-28H2,1-6H3/b19-12-/t35-,36+,37+,38+,39+,40-,41-,42+,43-,44-,45-/m1/s1. The van der Waals surface area contributed by atoms with Crippen LogP contribution in [-0.4, -0.2) is 95.5 Å². The van der Waals surface area contributed by atoms with Gasteiger partial charge in [-0.25, -0.2) is 0 Å². The van der Waals surface area contributed by atoms with Gasteiger partial charge in [0.15, 0.2) is 20.4 Å². The Balaban J connectivity index is 1.02. The molecule has 0 radical (unpaired) electrons. The summed E-state index contributed by atoms with van der Waals surface area (Å²) < 4.78 is 59.0. The lowest BCUT2D eigenvalue weighted by Crippen LogP contribution is -2.64. The van der Waals surface area contributed by atoms with Crippen LogP contribution in [0.1, 0.15) is 63.9 Å². The van der Waals surface area contributed by atoms with Gasteiger partial charge in [0, 0.05) is 18.4 Å². The SMILES string of the molecule is COc1ccc([C@@H]2OC[C@H]3O[C@H]4CC(=O)[C@H](C[C@H]5O[C@H]6CC=CCO[C@@H]6[C@@H](OCc6cccc7ccccc67)[C@@H]5O[Si](C)(C)C(C)(C)C)O[C@@H]4C/C=C\[C@@H]3O2)cc1. The van der Waals surface area contributed by atoms with E-state index in [9.17, 15) is 4.79 Å². The summed E-state index contributed by atoms with van der Waals surface area (Å²) in [6, 6.07) is 22.4. The summed E-state index contributed by atoms with van der Waals surface area (Å²) in [7, 11) is -0.741. The molecule has 11 heteroatoms. The summed E-state index contributed by atoms with van der Waals surface area (Å²) in [4.78, 5) is 14.1. The van der Waals surface area contributed by atoms with E-state index in [0.717, 1.165) is 22.3 Å². The van der Waals surface area contributed by atoms with Gasteiger partial charge in [0.25, 0.3) is 0 Å². The first-order chi connectivity index (χ1) is 27.5. The van der Waals surface area contributed by atoms with Crippen molar-refractivity contribution in [2.45, 2.75) is 139 Å². The minimum atomic E-state index is -2.38. The molecule has 3 aromatic carbocycles. The minimum Gasteiger partial charge on any atom is -0.497 e. The van der Waals surface area contributed by atoms with E-state index in [4.69, 9.17) is 42.3 Å². The number of ketones is 1. The van der Waals surface area contributed by atoms with E-state index in [1.165, 1.54) is 5.39 Å². The molecule has 5 heterocycles. The summed E-state index contributed by atoms with van der Waals surface area (Å²) in [5, 5.41) is 2.25. The first-order valence-electron chi connectivity index (χ1n) is 20.6. The number of fused-ring (bicyclic) bond motifs is 4. The Labute approximate surface area is 337 Å². The van der Waals surface area contributed by atoms with Crippen LogP contribution in [0.4, 0.5) is 0 Å². The number of rotatable bonds is 9. The van der Waals surface area contributed by atoms with Crippen LogP contribution in [-0.2, 0) is 49.0 Å². The van der Waals surface area contributed by atoms with Crippen molar-refractivity contribution in [1.82, 2.24) is 0 Å². The highest BCUT2D eigenvalue weighted by atomic mass is 28.4. The maximum absolute atomic E-state index is 14.1. The summed E-state index contributed by atoms with van der Waals surface area (Å²) >= 11 is 0. The van der Waals surface area contributed by atoms with E-state index < -0.39 is 45.1 Å². The van der Waals surface area contributed by atoms with Gasteiger partial charge in [-0.05, 0) is 59.4 Å². The average Bonchev–Trinajstić information content (AvgIpc) is 3.44. The second-order valence-corrected chi connectivity index (χ2v) is 22.2. The van der Waals surface area contributed by atoms with Crippen LogP contribution in [0.15, 0.2) is 91.0 Å². The third-order valence-electron chi connectivity index (χ3n) is 12.7. The van der Waals surface area contributed by atoms with E-state index in [1.54, 1.807) is 7.11 Å². The van der Waals surface area contributed by atoms with E-state index in [2.05, 4.69) is 88.5 Å². The molecule has 57 heavy (non-hydrogen) atoms. The van der Waals surface area contributed by atoms with Crippen molar-refractivity contribution in [2.24, 2.45) is 0 Å². The molecule has 0 unspecified atom stereocenters. The molecule has 3 saturated heterocycles. The maximum atomic E-state index is 14.1. The van der Waals surface area contributed by atoms with Crippen LogP contribution in [0.2, 0.25) is 18.1 Å². The fraction of sp³-hybridized carbons (Fsp3) is 0.543. The second-order valence-electron chi connectivity index (χ2n) is 17.5. The van der Waals surface area contributed by atoms with Crippen molar-refractivity contribution in [2.75, 3.05) is 20.3 Å². The van der Waals surface area contributed by atoms with Crippen molar-refractivity contribution in [1.29, 1.82) is 0 Å². The Morgan fingerprint density at radius 2 is 1.58 bits per heavy atom. The summed E-state index contributed by atoms with van der Waals surface area (Å²) in [5.74, 6) is 0.764. The molecule has 0 spiro atoms. The molecule has 0 aliphatic carbocycles. The summed E-state index contributed by atoms with van der Waals surface area (Å²) in [6.07, 6.45) is 5.47. The van der Waals surface area contributed by atoms with E-state index >= 15 is 0 Å². The number of hydrogen-bond donors (Lipinski definition) is 0. The second kappa shape index (κ2) is 17.2. The maximum Gasteiger partial charge on any atom is 0.192 e. The average molecular weight is 799 g/mol. The minimum absolute atomic E-state index is 0.00635. The van der Waals surface area contributed by atoms with Crippen molar-refractivity contribution < 1.29 is 47.1 Å². The van der Waals surface area contributed by atoms with Crippen molar-refractivity contribution in [3.8, 4) is 5.75 Å². The highest BCUT2D eigenvalue weighted by Crippen LogP contribution is 2.43. The summed E-state index contributed by atoms with van der Waals surface area (Å²) in [6.45, 7) is 12.4. The van der Waals surface area contributed by atoms with Gasteiger partial charge in [0.05, 0.1) is 51.3 Å². The lowest BCUT2D eigenvalue weighted by atomic mass is 9.87. The van der Waals surface area contributed by atoms with Crippen LogP contribution >= 0.6 is 0 Å². The number of carbonyl (C=O) groups excluding carboxylic acids is 1. The highest BCUT2D eigenvalue weighted by Gasteiger charge is 2.53. The molecule has 0 aromatic heterocycles.